The van der Waals surface area contributed by atoms with Crippen molar-refractivity contribution >= 4 is 23.3 Å². The van der Waals surface area contributed by atoms with Crippen LogP contribution in [0.3, 0.4) is 0 Å². The van der Waals surface area contributed by atoms with Crippen LogP contribution >= 0.6 is 0 Å². The van der Waals surface area contributed by atoms with Crippen LogP contribution in [-0.4, -0.2) is 75.2 Å². The van der Waals surface area contributed by atoms with E-state index in [0.717, 1.165) is 25.0 Å². The van der Waals surface area contributed by atoms with Gasteiger partial charge in [-0.2, -0.15) is 0 Å². The predicted octanol–water partition coefficient (Wildman–Crippen LogP) is 3.74. The lowest BCUT2D eigenvalue weighted by atomic mass is 10.0. The summed E-state index contributed by atoms with van der Waals surface area (Å²) in [6.07, 6.45) is 2.60. The zero-order valence-electron chi connectivity index (χ0n) is 22.5. The number of aliphatic hydroxyl groups is 1. The molecule has 2 aromatic rings. The van der Waals surface area contributed by atoms with Crippen molar-refractivity contribution in [3.05, 3.63) is 65.7 Å². The molecule has 1 saturated heterocycles. The number of carbonyl (C=O) groups is 1. The zero-order chi connectivity index (χ0) is 27.8. The normalized spacial score (nSPS) is 23.2. The van der Waals surface area contributed by atoms with Crippen molar-refractivity contribution in [2.75, 3.05) is 19.7 Å². The van der Waals surface area contributed by atoms with Crippen molar-refractivity contribution in [2.24, 2.45) is 17.0 Å². The van der Waals surface area contributed by atoms with E-state index in [-0.39, 0.29) is 24.7 Å². The molecule has 39 heavy (non-hydrogen) atoms. The highest BCUT2D eigenvalue weighted by atomic mass is 32.2. The van der Waals surface area contributed by atoms with Crippen LogP contribution in [0.15, 0.2) is 64.6 Å². The fourth-order valence-corrected chi connectivity index (χ4v) is 6.73. The Hall–Kier alpha value is -2.79. The minimum Gasteiger partial charge on any atom is -0.446 e. The molecule has 0 bridgehead atoms. The first-order chi connectivity index (χ1) is 18.8. The molecule has 1 heterocycles. The Bertz CT molecular complexity index is 1100. The average molecular weight is 558 g/mol. The fourth-order valence-electron chi connectivity index (χ4n) is 5.34. The Morgan fingerprint density at radius 3 is 2.59 bits per heavy atom. The Morgan fingerprint density at radius 1 is 1.18 bits per heavy atom. The van der Waals surface area contributed by atoms with Gasteiger partial charge in [-0.15, -0.1) is 0 Å². The van der Waals surface area contributed by atoms with Gasteiger partial charge in [0, 0.05) is 26.1 Å². The van der Waals surface area contributed by atoms with E-state index in [4.69, 9.17) is 14.7 Å². The van der Waals surface area contributed by atoms with Crippen molar-refractivity contribution in [2.45, 2.75) is 68.8 Å². The van der Waals surface area contributed by atoms with Crippen LogP contribution in [0.1, 0.15) is 44.2 Å². The molecule has 2 aromatic carbocycles. The summed E-state index contributed by atoms with van der Waals surface area (Å²) in [4.78, 5) is 13.5. The van der Waals surface area contributed by atoms with Gasteiger partial charge < -0.3 is 25.1 Å². The molecule has 1 aliphatic carbocycles. The molecule has 2 fully saturated rings. The zero-order valence-corrected chi connectivity index (χ0v) is 23.3. The topological polar surface area (TPSA) is 121 Å². The molecule has 1 saturated carbocycles. The molecule has 4 rings (SSSR count). The number of hydrogen-bond acceptors (Lipinski definition) is 7. The summed E-state index contributed by atoms with van der Waals surface area (Å²) in [7, 11) is -1.55. The summed E-state index contributed by atoms with van der Waals surface area (Å²) in [6, 6.07) is 15.9. The molecule has 1 unspecified atom stereocenters. The first-order valence-corrected chi connectivity index (χ1v) is 14.7. The number of ether oxygens (including phenoxy) is 2. The number of nitrogens with one attached hydrogen (secondary N) is 1. The molecule has 10 heteroatoms. The van der Waals surface area contributed by atoms with Crippen LogP contribution in [0.2, 0.25) is 0 Å². The summed E-state index contributed by atoms with van der Waals surface area (Å²) in [5, 5.41) is 26.1. The minimum atomic E-state index is -1.55. The van der Waals surface area contributed by atoms with Gasteiger partial charge in [0.2, 0.25) is 0 Å². The van der Waals surface area contributed by atoms with Gasteiger partial charge in [-0.25, -0.2) is 13.3 Å². The maximum atomic E-state index is 13.5. The van der Waals surface area contributed by atoms with Gasteiger partial charge in [0.1, 0.15) is 17.1 Å². The summed E-state index contributed by atoms with van der Waals surface area (Å²) in [5.74, 6) is 0.634. The lowest BCUT2D eigenvalue weighted by molar-refractivity contribution is 0.0556. The number of carbonyl (C=O) groups excluding carboxylic acids is 1. The second kappa shape index (κ2) is 14.0. The number of hydrogen-bond donors (Lipinski definition) is 3. The molecular formula is C29H39N3O6S. The molecule has 0 radical (unpaired) electrons. The quantitative estimate of drug-likeness (QED) is 0.208. The number of amides is 1. The van der Waals surface area contributed by atoms with E-state index in [2.05, 4.69) is 10.5 Å². The Balaban J connectivity index is 1.45. The van der Waals surface area contributed by atoms with Crippen LogP contribution in [-0.2, 0) is 26.9 Å². The van der Waals surface area contributed by atoms with Gasteiger partial charge in [-0.05, 0) is 54.4 Å². The fraction of sp³-hybridized carbons (Fsp3) is 0.517. The van der Waals surface area contributed by atoms with E-state index in [0.29, 0.717) is 35.8 Å². The van der Waals surface area contributed by atoms with Crippen LogP contribution in [0.4, 0.5) is 4.79 Å². The van der Waals surface area contributed by atoms with Gasteiger partial charge >= 0.3 is 6.09 Å². The molecular weight excluding hydrogens is 518 g/mol. The molecule has 2 aliphatic rings. The molecule has 0 aromatic heterocycles. The number of benzene rings is 2. The largest absolute Gasteiger partial charge is 0.446 e. The third kappa shape index (κ3) is 8.35. The summed E-state index contributed by atoms with van der Waals surface area (Å²) in [5.41, 5.74) is 1.64. The van der Waals surface area contributed by atoms with Crippen molar-refractivity contribution < 1.29 is 28.8 Å². The molecule has 0 spiro atoms. The molecule has 3 N–H and O–H groups in total. The number of aliphatic hydroxyl groups excluding tert-OH is 1. The van der Waals surface area contributed by atoms with Crippen LogP contribution < -0.4 is 5.32 Å². The molecule has 212 valence electrons. The second-order valence-electron chi connectivity index (χ2n) is 10.8. The van der Waals surface area contributed by atoms with Gasteiger partial charge in [0.15, 0.2) is 0 Å². The number of alkyl carbamates (subject to hydrolysis) is 1. The first-order valence-electron chi connectivity index (χ1n) is 13.6. The predicted molar refractivity (Wildman–Crippen MR) is 149 cm³/mol. The lowest BCUT2D eigenvalue weighted by Gasteiger charge is -2.30. The Morgan fingerprint density at radius 2 is 1.92 bits per heavy atom. The van der Waals surface area contributed by atoms with Gasteiger partial charge in [-0.3, -0.25) is 0 Å². The molecule has 1 amide bonds. The maximum absolute atomic E-state index is 13.5. The maximum Gasteiger partial charge on any atom is 0.407 e. The van der Waals surface area contributed by atoms with E-state index in [1.807, 2.05) is 44.2 Å². The number of nitrogens with zero attached hydrogens (tertiary/aromatic N) is 2. The molecule has 6 atom stereocenters. The number of rotatable bonds is 12. The summed E-state index contributed by atoms with van der Waals surface area (Å²) >= 11 is 0. The van der Waals surface area contributed by atoms with E-state index in [1.165, 1.54) is 6.21 Å². The monoisotopic (exact) mass is 557 g/mol. The van der Waals surface area contributed by atoms with Crippen molar-refractivity contribution in [1.29, 1.82) is 0 Å². The second-order valence-corrected chi connectivity index (χ2v) is 12.3. The van der Waals surface area contributed by atoms with E-state index in [9.17, 15) is 14.1 Å². The number of oxime groups is 1. The van der Waals surface area contributed by atoms with Gasteiger partial charge in [0.25, 0.3) is 0 Å². The van der Waals surface area contributed by atoms with Crippen molar-refractivity contribution in [3.8, 4) is 0 Å². The standard InChI is InChI=1S/C29H39N3O6S/c1-20(2)18-32(39(36)25-10-8-22(9-11-25)17-30-35)19-27(33)26(14-21-6-4-3-5-7-21)31-29(34)38-24-15-23-12-13-37-28(23)16-24/h3-11,17,20,23-24,26-28,33,35H,12-16,18-19H2,1-2H3,(H,31,34)/b30-17+/t23-,24+,26-,27+,28+,39?/m0/s1. The van der Waals surface area contributed by atoms with Crippen LogP contribution in [0, 0.1) is 11.8 Å². The van der Waals surface area contributed by atoms with Crippen LogP contribution in [0.5, 0.6) is 0 Å². The SMILES string of the molecule is CC(C)CN(C[C@@H](O)[C@H](Cc1ccccc1)NC(=O)O[C@@H]1C[C@@H]2CCO[C@@H]2C1)S(=O)c1ccc(/C=N/O)cc1. The van der Waals surface area contributed by atoms with Gasteiger partial charge in [-0.1, -0.05) is 61.5 Å². The average Bonchev–Trinajstić information content (AvgIpc) is 3.50. The highest BCUT2D eigenvalue weighted by Crippen LogP contribution is 2.37. The van der Waals surface area contributed by atoms with Crippen LogP contribution in [0.25, 0.3) is 0 Å². The smallest absolute Gasteiger partial charge is 0.407 e. The van der Waals surface area contributed by atoms with E-state index < -0.39 is 29.2 Å². The third-order valence-electron chi connectivity index (χ3n) is 7.23. The number of fused-ring (bicyclic) bond motifs is 1. The summed E-state index contributed by atoms with van der Waals surface area (Å²) < 4.78 is 26.7. The van der Waals surface area contributed by atoms with Crippen molar-refractivity contribution in [1.82, 2.24) is 9.62 Å². The van der Waals surface area contributed by atoms with Crippen molar-refractivity contribution in [3.63, 3.8) is 0 Å². The van der Waals surface area contributed by atoms with Gasteiger partial charge in [0.05, 0.1) is 29.4 Å². The molecule has 9 nitrogen and oxygen atoms in total. The summed E-state index contributed by atoms with van der Waals surface area (Å²) in [6.45, 7) is 5.39. The Labute approximate surface area is 232 Å². The third-order valence-corrected chi connectivity index (χ3v) is 8.67. The lowest BCUT2D eigenvalue weighted by Crippen LogP contribution is -2.50. The van der Waals surface area contributed by atoms with E-state index in [1.54, 1.807) is 28.6 Å². The van der Waals surface area contributed by atoms with E-state index >= 15 is 0 Å². The molecule has 1 aliphatic heterocycles. The highest BCUT2D eigenvalue weighted by molar-refractivity contribution is 7.82. The first kappa shape index (κ1) is 29.2. The highest BCUT2D eigenvalue weighted by Gasteiger charge is 2.40. The minimum absolute atomic E-state index is 0.0871. The Kier molecular flexibility index (Phi) is 10.5.